The molecule has 154 valence electrons. The van der Waals surface area contributed by atoms with E-state index in [0.29, 0.717) is 22.6 Å². The lowest BCUT2D eigenvalue weighted by molar-refractivity contribution is -0.383. The molecule has 0 spiro atoms. The van der Waals surface area contributed by atoms with Crippen LogP contribution in [0.2, 0.25) is 0 Å². The summed E-state index contributed by atoms with van der Waals surface area (Å²) in [6.07, 6.45) is 1.13. The molecule has 0 aliphatic heterocycles. The second kappa shape index (κ2) is 8.07. The highest BCUT2D eigenvalue weighted by Gasteiger charge is 2.18. The van der Waals surface area contributed by atoms with Crippen molar-refractivity contribution in [1.29, 1.82) is 0 Å². The molecule has 0 saturated heterocycles. The van der Waals surface area contributed by atoms with Crippen LogP contribution in [-0.4, -0.2) is 20.8 Å². The van der Waals surface area contributed by atoms with Crippen LogP contribution in [0.3, 0.4) is 0 Å². The van der Waals surface area contributed by atoms with Crippen molar-refractivity contribution in [2.75, 3.05) is 10.6 Å². The molecule has 0 saturated carbocycles. The van der Waals surface area contributed by atoms with Gasteiger partial charge in [-0.05, 0) is 42.8 Å². The van der Waals surface area contributed by atoms with Crippen molar-refractivity contribution in [2.24, 2.45) is 0 Å². The van der Waals surface area contributed by atoms with E-state index >= 15 is 0 Å². The van der Waals surface area contributed by atoms with Gasteiger partial charge in [0.2, 0.25) is 0 Å². The summed E-state index contributed by atoms with van der Waals surface area (Å²) in [7, 11) is 0. The van der Waals surface area contributed by atoms with Gasteiger partial charge >= 0.3 is 0 Å². The number of nitrogens with one attached hydrogen (secondary N) is 3. The number of rotatable bonds is 5. The molecule has 0 aliphatic rings. The van der Waals surface area contributed by atoms with Crippen LogP contribution in [0.15, 0.2) is 71.8 Å². The third kappa shape index (κ3) is 3.97. The Kier molecular flexibility index (Phi) is 5.15. The summed E-state index contributed by atoms with van der Waals surface area (Å²) in [5, 5.41) is 17.3. The minimum atomic E-state index is -0.583. The molecule has 0 unspecified atom stereocenters. The largest absolute Gasteiger partial charge is 0.355 e. The van der Waals surface area contributed by atoms with E-state index in [2.05, 4.69) is 20.6 Å². The quantitative estimate of drug-likeness (QED) is 0.332. The van der Waals surface area contributed by atoms with Crippen LogP contribution in [-0.2, 0) is 0 Å². The van der Waals surface area contributed by atoms with Gasteiger partial charge < -0.3 is 15.6 Å². The number of aromatic amines is 1. The van der Waals surface area contributed by atoms with Gasteiger partial charge in [0, 0.05) is 23.0 Å². The number of aryl methyl sites for hydroxylation is 1. The molecule has 9 nitrogen and oxygen atoms in total. The van der Waals surface area contributed by atoms with Crippen LogP contribution in [0, 0.1) is 17.0 Å². The van der Waals surface area contributed by atoms with E-state index < -0.39 is 10.5 Å². The average Bonchev–Trinajstić information content (AvgIpc) is 2.74. The molecule has 1 aromatic heterocycles. The number of carbonyl (C=O) groups is 1. The molecule has 4 rings (SSSR count). The highest BCUT2D eigenvalue weighted by Crippen LogP contribution is 2.30. The van der Waals surface area contributed by atoms with Crippen molar-refractivity contribution in [1.82, 2.24) is 9.97 Å². The summed E-state index contributed by atoms with van der Waals surface area (Å²) < 4.78 is 0. The number of nitrogens with zero attached hydrogens (tertiary/aromatic N) is 2. The van der Waals surface area contributed by atoms with Crippen molar-refractivity contribution in [3.63, 3.8) is 0 Å². The van der Waals surface area contributed by atoms with Gasteiger partial charge in [0.05, 0.1) is 22.3 Å². The standard InChI is InChI=1S/C22H17N5O4/c1-13-5-2-3-8-16(13)21(28)26-15-7-4-6-14(11-15)25-17-9-10-18(27(30)31)20-19(17)22(29)24-12-23-20/h2-12,25H,1H3,(H,26,28)(H,23,24,29). The van der Waals surface area contributed by atoms with E-state index in [1.54, 1.807) is 36.4 Å². The summed E-state index contributed by atoms with van der Waals surface area (Å²) in [6, 6.07) is 16.9. The monoisotopic (exact) mass is 415 g/mol. The van der Waals surface area contributed by atoms with Crippen molar-refractivity contribution in [3.8, 4) is 0 Å². The minimum Gasteiger partial charge on any atom is -0.355 e. The number of non-ortho nitro benzene ring substituents is 1. The first-order chi connectivity index (χ1) is 14.9. The number of hydrogen-bond acceptors (Lipinski definition) is 6. The minimum absolute atomic E-state index is 0.0113. The number of fused-ring (bicyclic) bond motifs is 1. The Hall–Kier alpha value is -4.53. The number of benzene rings is 3. The van der Waals surface area contributed by atoms with E-state index in [1.165, 1.54) is 12.1 Å². The van der Waals surface area contributed by atoms with Gasteiger partial charge in [-0.2, -0.15) is 0 Å². The Morgan fingerprint density at radius 2 is 1.84 bits per heavy atom. The van der Waals surface area contributed by atoms with Gasteiger partial charge in [0.25, 0.3) is 17.2 Å². The second-order valence-corrected chi connectivity index (χ2v) is 6.82. The van der Waals surface area contributed by atoms with E-state index in [4.69, 9.17) is 0 Å². The lowest BCUT2D eigenvalue weighted by Crippen LogP contribution is -2.13. The zero-order chi connectivity index (χ0) is 22.0. The lowest BCUT2D eigenvalue weighted by Gasteiger charge is -2.12. The number of amides is 1. The molecular formula is C22H17N5O4. The molecule has 9 heteroatoms. The summed E-state index contributed by atoms with van der Waals surface area (Å²) in [4.78, 5) is 42.0. The number of anilines is 3. The zero-order valence-corrected chi connectivity index (χ0v) is 16.4. The van der Waals surface area contributed by atoms with Gasteiger partial charge in [-0.15, -0.1) is 0 Å². The number of carbonyl (C=O) groups excluding carboxylic acids is 1. The number of aromatic nitrogens is 2. The van der Waals surface area contributed by atoms with Crippen molar-refractivity contribution >= 4 is 39.6 Å². The topological polar surface area (TPSA) is 130 Å². The molecule has 31 heavy (non-hydrogen) atoms. The van der Waals surface area contributed by atoms with Gasteiger partial charge in [-0.25, -0.2) is 4.98 Å². The molecule has 3 aromatic carbocycles. The Labute approximate surface area is 175 Å². The van der Waals surface area contributed by atoms with Crippen LogP contribution >= 0.6 is 0 Å². The fourth-order valence-corrected chi connectivity index (χ4v) is 3.28. The third-order valence-electron chi connectivity index (χ3n) is 4.76. The molecule has 0 bridgehead atoms. The summed E-state index contributed by atoms with van der Waals surface area (Å²) >= 11 is 0. The maximum absolute atomic E-state index is 12.6. The van der Waals surface area contributed by atoms with Crippen molar-refractivity contribution < 1.29 is 9.72 Å². The highest BCUT2D eigenvalue weighted by atomic mass is 16.6. The van der Waals surface area contributed by atoms with Crippen molar-refractivity contribution in [2.45, 2.75) is 6.92 Å². The molecule has 0 radical (unpaired) electrons. The number of hydrogen-bond donors (Lipinski definition) is 3. The van der Waals surface area contributed by atoms with Crippen molar-refractivity contribution in [3.05, 3.63) is 98.6 Å². The van der Waals surface area contributed by atoms with Gasteiger partial charge in [-0.1, -0.05) is 24.3 Å². The van der Waals surface area contributed by atoms with E-state index in [9.17, 15) is 19.7 Å². The Morgan fingerprint density at radius 3 is 2.61 bits per heavy atom. The molecule has 0 fully saturated rings. The Bertz CT molecular complexity index is 1380. The summed E-state index contributed by atoms with van der Waals surface area (Å²) in [5.41, 5.74) is 2.15. The average molecular weight is 415 g/mol. The van der Waals surface area contributed by atoms with Crippen LogP contribution in [0.4, 0.5) is 22.7 Å². The molecule has 3 N–H and O–H groups in total. The van der Waals surface area contributed by atoms with Gasteiger partial charge in [-0.3, -0.25) is 19.7 Å². The van der Waals surface area contributed by atoms with Crippen LogP contribution in [0.25, 0.3) is 10.9 Å². The predicted molar refractivity (Wildman–Crippen MR) is 118 cm³/mol. The smallest absolute Gasteiger partial charge is 0.295 e. The molecule has 1 amide bonds. The Morgan fingerprint density at radius 1 is 1.06 bits per heavy atom. The second-order valence-electron chi connectivity index (χ2n) is 6.82. The zero-order valence-electron chi connectivity index (χ0n) is 16.4. The van der Waals surface area contributed by atoms with Gasteiger partial charge in [0.1, 0.15) is 0 Å². The normalized spacial score (nSPS) is 10.6. The summed E-state index contributed by atoms with van der Waals surface area (Å²) in [6.45, 7) is 1.86. The fraction of sp³-hybridized carbons (Fsp3) is 0.0455. The van der Waals surface area contributed by atoms with Crippen LogP contribution in [0.1, 0.15) is 15.9 Å². The predicted octanol–water partition coefficient (Wildman–Crippen LogP) is 4.14. The highest BCUT2D eigenvalue weighted by molar-refractivity contribution is 6.05. The lowest BCUT2D eigenvalue weighted by atomic mass is 10.1. The van der Waals surface area contributed by atoms with Crippen LogP contribution < -0.4 is 16.2 Å². The summed E-state index contributed by atoms with van der Waals surface area (Å²) in [5.74, 6) is -0.239. The first-order valence-electron chi connectivity index (χ1n) is 9.33. The van der Waals surface area contributed by atoms with E-state index in [1.807, 2.05) is 19.1 Å². The Balaban J connectivity index is 1.66. The first kappa shape index (κ1) is 19.8. The SMILES string of the molecule is Cc1ccccc1C(=O)Nc1cccc(Nc2ccc([N+](=O)[O-])c3nc[nH]c(=O)c23)c1. The van der Waals surface area contributed by atoms with E-state index in [0.717, 1.165) is 11.9 Å². The van der Waals surface area contributed by atoms with E-state index in [-0.39, 0.29) is 22.5 Å². The third-order valence-corrected chi connectivity index (χ3v) is 4.76. The number of H-pyrrole nitrogens is 1. The first-order valence-corrected chi connectivity index (χ1v) is 9.33. The van der Waals surface area contributed by atoms with Crippen LogP contribution in [0.5, 0.6) is 0 Å². The molecule has 0 atom stereocenters. The molecule has 0 aliphatic carbocycles. The fourth-order valence-electron chi connectivity index (χ4n) is 3.28. The number of nitro groups is 1. The maximum atomic E-state index is 12.6. The number of nitro benzene ring substituents is 1. The molecule has 4 aromatic rings. The van der Waals surface area contributed by atoms with Gasteiger partial charge in [0.15, 0.2) is 5.52 Å². The molecular weight excluding hydrogens is 398 g/mol. The maximum Gasteiger partial charge on any atom is 0.295 e. The molecule has 1 heterocycles.